The Labute approximate surface area is 102 Å². The number of hydrogen-bond acceptors (Lipinski definition) is 2. The maximum Gasteiger partial charge on any atom is 0.0400 e. The Hall–Kier alpha value is -1.96. The molecule has 0 saturated heterocycles. The average Bonchev–Trinajstić information content (AvgIpc) is 2.31. The highest BCUT2D eigenvalue weighted by atomic mass is 14.9. The molecule has 0 aliphatic heterocycles. The molecule has 3 N–H and O–H groups in total. The summed E-state index contributed by atoms with van der Waals surface area (Å²) in [4.78, 5) is 0. The fraction of sp³-hybridized carbons (Fsp3) is 0.200. The largest absolute Gasteiger partial charge is 0.399 e. The Bertz CT molecular complexity index is 518. The van der Waals surface area contributed by atoms with E-state index in [-0.39, 0.29) is 0 Å². The zero-order valence-corrected chi connectivity index (χ0v) is 10.3. The number of nitrogens with one attached hydrogen (secondary N) is 1. The maximum atomic E-state index is 5.79. The predicted octanol–water partition coefficient (Wildman–Crippen LogP) is 3.50. The van der Waals surface area contributed by atoms with Crippen molar-refractivity contribution >= 4 is 11.4 Å². The number of rotatable bonds is 3. The molecule has 0 bridgehead atoms. The van der Waals surface area contributed by atoms with Gasteiger partial charge in [-0.2, -0.15) is 0 Å². The van der Waals surface area contributed by atoms with Crippen LogP contribution in [0.4, 0.5) is 11.4 Å². The highest BCUT2D eigenvalue weighted by Crippen LogP contribution is 2.17. The van der Waals surface area contributed by atoms with E-state index in [0.717, 1.165) is 23.5 Å². The van der Waals surface area contributed by atoms with Gasteiger partial charge in [-0.25, -0.2) is 0 Å². The third-order valence-corrected chi connectivity index (χ3v) is 2.85. The lowest BCUT2D eigenvalue weighted by atomic mass is 10.1. The van der Waals surface area contributed by atoms with Crippen LogP contribution in [0.2, 0.25) is 0 Å². The van der Waals surface area contributed by atoms with Crippen LogP contribution in [0.1, 0.15) is 16.7 Å². The van der Waals surface area contributed by atoms with Crippen molar-refractivity contribution in [3.8, 4) is 0 Å². The second-order valence-corrected chi connectivity index (χ2v) is 4.41. The molecule has 2 heteroatoms. The van der Waals surface area contributed by atoms with E-state index < -0.39 is 0 Å². The molecule has 2 aromatic rings. The molecule has 0 atom stereocenters. The predicted molar refractivity (Wildman–Crippen MR) is 74.1 cm³/mol. The number of aryl methyl sites for hydroxylation is 2. The molecule has 0 unspecified atom stereocenters. The zero-order chi connectivity index (χ0) is 12.3. The van der Waals surface area contributed by atoms with E-state index in [1.165, 1.54) is 11.1 Å². The minimum absolute atomic E-state index is 0.838. The molecule has 0 fully saturated rings. The number of hydrogen-bond donors (Lipinski definition) is 2. The first-order chi connectivity index (χ1) is 8.15. The number of nitrogens with two attached hydrogens (primary N) is 1. The van der Waals surface area contributed by atoms with Crippen LogP contribution in [0.25, 0.3) is 0 Å². The molecule has 2 rings (SSSR count). The molecule has 0 heterocycles. The summed E-state index contributed by atoms with van der Waals surface area (Å²) in [6.07, 6.45) is 0. The summed E-state index contributed by atoms with van der Waals surface area (Å²) in [5.74, 6) is 0. The highest BCUT2D eigenvalue weighted by Gasteiger charge is 1.97. The first-order valence-corrected chi connectivity index (χ1v) is 5.81. The lowest BCUT2D eigenvalue weighted by Gasteiger charge is -2.09. The van der Waals surface area contributed by atoms with Gasteiger partial charge in [0.15, 0.2) is 0 Å². The van der Waals surface area contributed by atoms with Crippen molar-refractivity contribution in [1.82, 2.24) is 0 Å². The van der Waals surface area contributed by atoms with E-state index in [1.807, 2.05) is 19.1 Å². The molecule has 2 nitrogen and oxygen atoms in total. The number of anilines is 2. The SMILES string of the molecule is Cc1cccc(CNc2ccc(N)c(C)c2)c1. The van der Waals surface area contributed by atoms with E-state index in [1.54, 1.807) is 0 Å². The quantitative estimate of drug-likeness (QED) is 0.786. The molecule has 0 aliphatic rings. The van der Waals surface area contributed by atoms with Crippen LogP contribution < -0.4 is 11.1 Å². The Morgan fingerprint density at radius 2 is 1.88 bits per heavy atom. The highest BCUT2D eigenvalue weighted by molar-refractivity contribution is 5.56. The summed E-state index contributed by atoms with van der Waals surface area (Å²) in [5.41, 5.74) is 11.4. The van der Waals surface area contributed by atoms with Crippen LogP contribution in [0.5, 0.6) is 0 Å². The summed E-state index contributed by atoms with van der Waals surface area (Å²) in [6, 6.07) is 14.5. The molecule has 0 aromatic heterocycles. The summed E-state index contributed by atoms with van der Waals surface area (Å²) in [7, 11) is 0. The summed E-state index contributed by atoms with van der Waals surface area (Å²) in [5, 5.41) is 3.40. The van der Waals surface area contributed by atoms with Crippen LogP contribution >= 0.6 is 0 Å². The second kappa shape index (κ2) is 4.91. The van der Waals surface area contributed by atoms with Gasteiger partial charge in [0, 0.05) is 17.9 Å². The standard InChI is InChI=1S/C15H18N2/c1-11-4-3-5-13(8-11)10-17-14-6-7-15(16)12(2)9-14/h3-9,17H,10,16H2,1-2H3. The lowest BCUT2D eigenvalue weighted by molar-refractivity contribution is 1.14. The molecule has 2 aromatic carbocycles. The van der Waals surface area contributed by atoms with Gasteiger partial charge in [0.25, 0.3) is 0 Å². The molecule has 17 heavy (non-hydrogen) atoms. The topological polar surface area (TPSA) is 38.0 Å². The smallest absolute Gasteiger partial charge is 0.0400 e. The van der Waals surface area contributed by atoms with Crippen LogP contribution in [0, 0.1) is 13.8 Å². The van der Waals surface area contributed by atoms with Gasteiger partial charge in [0.1, 0.15) is 0 Å². The average molecular weight is 226 g/mol. The van der Waals surface area contributed by atoms with E-state index in [2.05, 4.69) is 42.6 Å². The van der Waals surface area contributed by atoms with E-state index in [9.17, 15) is 0 Å². The Morgan fingerprint density at radius 1 is 1.06 bits per heavy atom. The van der Waals surface area contributed by atoms with Crippen molar-refractivity contribution in [3.05, 3.63) is 59.2 Å². The molecule has 0 saturated carbocycles. The normalized spacial score (nSPS) is 10.2. The van der Waals surface area contributed by atoms with E-state index in [0.29, 0.717) is 0 Å². The Morgan fingerprint density at radius 3 is 2.59 bits per heavy atom. The van der Waals surface area contributed by atoms with Crippen molar-refractivity contribution in [1.29, 1.82) is 0 Å². The van der Waals surface area contributed by atoms with Crippen LogP contribution in [-0.2, 0) is 6.54 Å². The van der Waals surface area contributed by atoms with Crippen LogP contribution in [0.15, 0.2) is 42.5 Å². The second-order valence-electron chi connectivity index (χ2n) is 4.41. The van der Waals surface area contributed by atoms with E-state index in [4.69, 9.17) is 5.73 Å². The first kappa shape index (κ1) is 11.5. The van der Waals surface area contributed by atoms with Crippen molar-refractivity contribution in [2.45, 2.75) is 20.4 Å². The van der Waals surface area contributed by atoms with Crippen molar-refractivity contribution in [2.75, 3.05) is 11.1 Å². The first-order valence-electron chi connectivity index (χ1n) is 5.81. The maximum absolute atomic E-state index is 5.79. The van der Waals surface area contributed by atoms with Gasteiger partial charge in [-0.15, -0.1) is 0 Å². The molecule has 0 amide bonds. The minimum Gasteiger partial charge on any atom is -0.399 e. The van der Waals surface area contributed by atoms with Gasteiger partial charge in [-0.05, 0) is 43.2 Å². The summed E-state index contributed by atoms with van der Waals surface area (Å²) < 4.78 is 0. The van der Waals surface area contributed by atoms with Gasteiger partial charge < -0.3 is 11.1 Å². The minimum atomic E-state index is 0.838. The molecular weight excluding hydrogens is 208 g/mol. The lowest BCUT2D eigenvalue weighted by Crippen LogP contribution is -2.00. The monoisotopic (exact) mass is 226 g/mol. The zero-order valence-electron chi connectivity index (χ0n) is 10.3. The van der Waals surface area contributed by atoms with Crippen LogP contribution in [0.3, 0.4) is 0 Å². The Balaban J connectivity index is 2.05. The van der Waals surface area contributed by atoms with Gasteiger partial charge in [-0.1, -0.05) is 29.8 Å². The number of nitrogen functional groups attached to an aromatic ring is 1. The van der Waals surface area contributed by atoms with Crippen molar-refractivity contribution < 1.29 is 0 Å². The van der Waals surface area contributed by atoms with Gasteiger partial charge >= 0.3 is 0 Å². The third kappa shape index (κ3) is 3.00. The van der Waals surface area contributed by atoms with Gasteiger partial charge in [0.2, 0.25) is 0 Å². The van der Waals surface area contributed by atoms with Crippen molar-refractivity contribution in [3.63, 3.8) is 0 Å². The fourth-order valence-electron chi connectivity index (χ4n) is 1.81. The van der Waals surface area contributed by atoms with Crippen LogP contribution in [-0.4, -0.2) is 0 Å². The molecule has 0 aliphatic carbocycles. The van der Waals surface area contributed by atoms with Crippen molar-refractivity contribution in [2.24, 2.45) is 0 Å². The molecule has 0 spiro atoms. The van der Waals surface area contributed by atoms with Gasteiger partial charge in [0.05, 0.1) is 0 Å². The number of benzene rings is 2. The summed E-state index contributed by atoms with van der Waals surface area (Å²) in [6.45, 7) is 4.97. The Kier molecular flexibility index (Phi) is 3.33. The van der Waals surface area contributed by atoms with E-state index >= 15 is 0 Å². The fourth-order valence-corrected chi connectivity index (χ4v) is 1.81. The third-order valence-electron chi connectivity index (χ3n) is 2.85. The summed E-state index contributed by atoms with van der Waals surface area (Å²) >= 11 is 0. The molecular formula is C15H18N2. The van der Waals surface area contributed by atoms with Gasteiger partial charge in [-0.3, -0.25) is 0 Å². The molecule has 0 radical (unpaired) electrons. The molecule has 88 valence electrons.